The second-order valence-electron chi connectivity index (χ2n) is 22.2. The molecule has 5 heterocycles. The molecule has 0 atom stereocenters. The fraction of sp³-hybridized carbons (Fsp3) is 0.194. The van der Waals surface area contributed by atoms with Crippen molar-refractivity contribution in [3.05, 3.63) is 180 Å². The second kappa shape index (κ2) is 14.5. The van der Waals surface area contributed by atoms with Crippen molar-refractivity contribution in [2.75, 3.05) is 9.80 Å². The van der Waals surface area contributed by atoms with E-state index in [1.54, 1.807) is 0 Å². The minimum atomic E-state index is -0.0585. The predicted octanol–water partition coefficient (Wildman–Crippen LogP) is 16.3. The van der Waals surface area contributed by atoms with Gasteiger partial charge in [-0.3, -0.25) is 0 Å². The molecule has 0 fully saturated rings. The average Bonchev–Trinajstić information content (AvgIpc) is 3.99. The summed E-state index contributed by atoms with van der Waals surface area (Å²) in [6, 6.07) is 63.1. The minimum Gasteiger partial charge on any atom is -0.311 e. The molecule has 3 aromatic heterocycles. The van der Waals surface area contributed by atoms with Crippen LogP contribution in [-0.4, -0.2) is 11.3 Å². The van der Waals surface area contributed by atoms with Crippen LogP contribution in [0.1, 0.15) is 79.0 Å². The fourth-order valence-corrected chi connectivity index (χ4v) is 13.7. The number of anilines is 6. The van der Waals surface area contributed by atoms with Gasteiger partial charge in [0.15, 0.2) is 0 Å². The van der Waals surface area contributed by atoms with Crippen LogP contribution in [0.25, 0.3) is 57.1 Å². The average molecular weight is 916 g/mol. The molecule has 0 radical (unpaired) electrons. The molecule has 0 saturated carbocycles. The summed E-state index contributed by atoms with van der Waals surface area (Å²) in [7, 11) is 0. The van der Waals surface area contributed by atoms with E-state index in [-0.39, 0.29) is 23.0 Å². The summed E-state index contributed by atoms with van der Waals surface area (Å²) in [4.78, 5) is 5.17. The van der Waals surface area contributed by atoms with Gasteiger partial charge in [0, 0.05) is 64.1 Å². The third-order valence-corrected chi connectivity index (χ3v) is 17.2. The molecule has 0 bridgehead atoms. The molecule has 3 nitrogen and oxygen atoms in total. The number of aromatic nitrogens is 1. The van der Waals surface area contributed by atoms with E-state index in [2.05, 4.69) is 240 Å². The molecule has 2 aliphatic rings. The summed E-state index contributed by atoms with van der Waals surface area (Å²) < 4.78 is 7.94. The largest absolute Gasteiger partial charge is 0.311 e. The maximum Gasteiger partial charge on any atom is 0.252 e. The summed E-state index contributed by atoms with van der Waals surface area (Å²) in [6.07, 6.45) is 0. The smallest absolute Gasteiger partial charge is 0.252 e. The van der Waals surface area contributed by atoms with E-state index in [1.165, 1.54) is 107 Å². The standard InChI is InChI=1S/C62H54BN3S2/c1-60(2,3)37-24-29-40(30-25-37)64(41-31-26-38(27-32-41)61(4,5)6)42-35-50-56-51(36-42)66-57-45(59-58(66)44-17-11-13-22-53(44)68-59)18-14-19-47(57)63(56)46-33-28-39(62(7,8)9)34-49(46)65(50)48-20-15-23-54-55(48)43-16-10-12-21-52(43)67-54/h10-36H,1-9H3. The Morgan fingerprint density at radius 2 is 0.971 bits per heavy atom. The maximum atomic E-state index is 2.66. The molecule has 68 heavy (non-hydrogen) atoms. The highest BCUT2D eigenvalue weighted by atomic mass is 32.1. The molecule has 6 heteroatoms. The molecule has 0 saturated heterocycles. The number of hydrogen-bond donors (Lipinski definition) is 0. The van der Waals surface area contributed by atoms with E-state index >= 15 is 0 Å². The van der Waals surface area contributed by atoms with Crippen LogP contribution < -0.4 is 26.2 Å². The number of nitrogens with zero attached hydrogens (tertiary/aromatic N) is 3. The highest BCUT2D eigenvalue weighted by Crippen LogP contribution is 2.51. The lowest BCUT2D eigenvalue weighted by Crippen LogP contribution is -2.60. The Labute approximate surface area is 408 Å². The molecular formula is C62H54BN3S2. The van der Waals surface area contributed by atoms with E-state index in [4.69, 9.17) is 0 Å². The first kappa shape index (κ1) is 41.6. The van der Waals surface area contributed by atoms with Crippen molar-refractivity contribution in [2.24, 2.45) is 0 Å². The lowest BCUT2D eigenvalue weighted by Gasteiger charge is -2.42. The summed E-state index contributed by atoms with van der Waals surface area (Å²) in [5.41, 5.74) is 18.9. The van der Waals surface area contributed by atoms with Gasteiger partial charge in [-0.25, -0.2) is 0 Å². The Kier molecular flexibility index (Phi) is 8.84. The number of benzene rings is 8. The lowest BCUT2D eigenvalue weighted by atomic mass is 9.33. The van der Waals surface area contributed by atoms with Gasteiger partial charge < -0.3 is 14.4 Å². The number of thiophene rings is 2. The first-order valence-electron chi connectivity index (χ1n) is 24.1. The topological polar surface area (TPSA) is 11.4 Å². The van der Waals surface area contributed by atoms with Crippen molar-refractivity contribution in [3.8, 4) is 5.69 Å². The van der Waals surface area contributed by atoms with Crippen molar-refractivity contribution in [3.63, 3.8) is 0 Å². The molecule has 0 amide bonds. The van der Waals surface area contributed by atoms with Crippen molar-refractivity contribution in [1.29, 1.82) is 0 Å². The molecule has 0 unspecified atom stereocenters. The molecule has 0 aliphatic carbocycles. The van der Waals surface area contributed by atoms with Crippen LogP contribution in [0, 0.1) is 0 Å². The Morgan fingerprint density at radius 1 is 0.412 bits per heavy atom. The molecule has 0 spiro atoms. The van der Waals surface area contributed by atoms with E-state index < -0.39 is 0 Å². The van der Waals surface area contributed by atoms with Crippen molar-refractivity contribution < 1.29 is 0 Å². The Hall–Kier alpha value is -6.60. The second-order valence-corrected chi connectivity index (χ2v) is 24.4. The zero-order valence-electron chi connectivity index (χ0n) is 40.3. The van der Waals surface area contributed by atoms with Gasteiger partial charge in [0.05, 0.1) is 27.1 Å². The zero-order valence-corrected chi connectivity index (χ0v) is 42.0. The number of para-hydroxylation sites is 1. The van der Waals surface area contributed by atoms with Gasteiger partial charge in [-0.15, -0.1) is 22.7 Å². The highest BCUT2D eigenvalue weighted by molar-refractivity contribution is 7.27. The van der Waals surface area contributed by atoms with Gasteiger partial charge in [-0.2, -0.15) is 0 Å². The zero-order chi connectivity index (χ0) is 46.6. The number of fused-ring (bicyclic) bond motifs is 12. The molecule has 0 N–H and O–H groups in total. The van der Waals surface area contributed by atoms with E-state index in [9.17, 15) is 0 Å². The molecular weight excluding hydrogens is 862 g/mol. The van der Waals surface area contributed by atoms with Gasteiger partial charge in [0.25, 0.3) is 6.71 Å². The van der Waals surface area contributed by atoms with Gasteiger partial charge >= 0.3 is 0 Å². The Bertz CT molecular complexity index is 3810. The number of rotatable bonds is 4. The van der Waals surface area contributed by atoms with Crippen LogP contribution in [0.3, 0.4) is 0 Å². The van der Waals surface area contributed by atoms with Crippen molar-refractivity contribution in [1.82, 2.24) is 4.57 Å². The normalized spacial score (nSPS) is 13.6. The summed E-state index contributed by atoms with van der Waals surface area (Å²) >= 11 is 3.82. The van der Waals surface area contributed by atoms with E-state index in [1.807, 2.05) is 22.7 Å². The SMILES string of the molecule is CC(C)(C)c1ccc(N(c2ccc(C(C)(C)C)cc2)c2cc3c4c(c2)-n2c5c(cccc5c5sc6ccccc6c52)B4c2ccc(C(C)(C)C)cc2N3c2cccc3sc4ccccc4c23)cc1. The summed E-state index contributed by atoms with van der Waals surface area (Å²) in [5.74, 6) is 0. The first-order chi connectivity index (χ1) is 32.6. The van der Waals surface area contributed by atoms with Crippen LogP contribution in [0.5, 0.6) is 0 Å². The summed E-state index contributed by atoms with van der Waals surface area (Å²) in [5, 5.41) is 5.23. The molecule has 8 aromatic carbocycles. The number of hydrogen-bond acceptors (Lipinski definition) is 4. The fourth-order valence-electron chi connectivity index (χ4n) is 11.3. The Morgan fingerprint density at radius 3 is 1.63 bits per heavy atom. The molecule has 332 valence electrons. The van der Waals surface area contributed by atoms with Gasteiger partial charge in [-0.05, 0) is 116 Å². The quantitative estimate of drug-likeness (QED) is 0.163. The van der Waals surface area contributed by atoms with Crippen LogP contribution in [0.15, 0.2) is 164 Å². The van der Waals surface area contributed by atoms with E-state index in [0.717, 1.165) is 17.1 Å². The predicted molar refractivity (Wildman–Crippen MR) is 299 cm³/mol. The maximum absolute atomic E-state index is 2.66. The van der Waals surface area contributed by atoms with Gasteiger partial charge in [0.2, 0.25) is 0 Å². The van der Waals surface area contributed by atoms with Gasteiger partial charge in [0.1, 0.15) is 0 Å². The van der Waals surface area contributed by atoms with Crippen LogP contribution in [-0.2, 0) is 16.2 Å². The van der Waals surface area contributed by atoms with Crippen LogP contribution >= 0.6 is 22.7 Å². The van der Waals surface area contributed by atoms with Crippen molar-refractivity contribution in [2.45, 2.75) is 78.6 Å². The lowest BCUT2D eigenvalue weighted by molar-refractivity contribution is 0.590. The first-order valence-corrected chi connectivity index (χ1v) is 25.8. The third kappa shape index (κ3) is 6.09. The van der Waals surface area contributed by atoms with Crippen molar-refractivity contribution >= 4 is 131 Å². The molecule has 2 aliphatic heterocycles. The van der Waals surface area contributed by atoms with E-state index in [0.29, 0.717) is 0 Å². The van der Waals surface area contributed by atoms with Crippen LogP contribution in [0.4, 0.5) is 34.1 Å². The molecule has 13 rings (SSSR count). The minimum absolute atomic E-state index is 0.0183. The van der Waals surface area contributed by atoms with Gasteiger partial charge in [-0.1, -0.05) is 159 Å². The molecule has 11 aromatic rings. The highest BCUT2D eigenvalue weighted by Gasteiger charge is 2.44. The Balaban J connectivity index is 1.20. The monoisotopic (exact) mass is 915 g/mol. The third-order valence-electron chi connectivity index (χ3n) is 14.8. The van der Waals surface area contributed by atoms with Crippen LogP contribution in [0.2, 0.25) is 0 Å². The summed E-state index contributed by atoms with van der Waals surface area (Å²) in [6.45, 7) is 20.9.